The van der Waals surface area contributed by atoms with Gasteiger partial charge in [-0.15, -0.1) is 0 Å². The molecule has 16 nitrogen and oxygen atoms in total. The summed E-state index contributed by atoms with van der Waals surface area (Å²) in [5.41, 5.74) is 11.4. The van der Waals surface area contributed by atoms with Gasteiger partial charge in [0.1, 0.15) is 6.33 Å². The Morgan fingerprint density at radius 2 is 1.53 bits per heavy atom. The minimum atomic E-state index is -3.64. The molecule has 4 rings (SSSR count). The summed E-state index contributed by atoms with van der Waals surface area (Å²) in [6, 6.07) is 16.0. The number of amides is 4. The maximum absolute atomic E-state index is 12.1. The number of nitrogens with zero attached hydrogens (tertiary/aromatic N) is 4. The lowest BCUT2D eigenvalue weighted by molar-refractivity contribution is 0.244. The third-order valence-corrected chi connectivity index (χ3v) is 8.73. The topological polar surface area (TPSA) is 208 Å². The number of urea groups is 2. The number of fused-ring (bicyclic) bond motifs is 1. The highest BCUT2D eigenvalue weighted by atomic mass is 32.2. The summed E-state index contributed by atoms with van der Waals surface area (Å²) < 4.78 is 48.9. The van der Waals surface area contributed by atoms with Crippen molar-refractivity contribution >= 4 is 65.7 Å². The molecule has 1 heterocycles. The van der Waals surface area contributed by atoms with E-state index in [1.165, 1.54) is 69.9 Å². The summed E-state index contributed by atoms with van der Waals surface area (Å²) in [7, 11) is -2.85. The van der Waals surface area contributed by atoms with Crippen molar-refractivity contribution in [1.29, 1.82) is 0 Å². The lowest BCUT2D eigenvalue weighted by atomic mass is 10.2. The van der Waals surface area contributed by atoms with Crippen LogP contribution in [0.1, 0.15) is 0 Å². The van der Waals surface area contributed by atoms with Crippen molar-refractivity contribution in [2.24, 2.45) is 0 Å². The molecule has 6 N–H and O–H groups in total. The highest BCUT2D eigenvalue weighted by Gasteiger charge is 2.17. The van der Waals surface area contributed by atoms with E-state index in [9.17, 15) is 26.4 Å². The molecule has 0 spiro atoms. The van der Waals surface area contributed by atoms with Crippen LogP contribution in [0.15, 0.2) is 82.8 Å². The zero-order chi connectivity index (χ0) is 33.2. The highest BCUT2D eigenvalue weighted by molar-refractivity contribution is 7.91. The van der Waals surface area contributed by atoms with E-state index < -0.39 is 25.9 Å². The van der Waals surface area contributed by atoms with Gasteiger partial charge in [0, 0.05) is 38.5 Å². The van der Waals surface area contributed by atoms with E-state index in [1.807, 2.05) is 24.3 Å². The van der Waals surface area contributed by atoms with Gasteiger partial charge in [-0.25, -0.2) is 45.5 Å². The molecule has 0 aliphatic rings. The molecule has 0 saturated heterocycles. The summed E-state index contributed by atoms with van der Waals surface area (Å²) in [5, 5.41) is 5.76. The molecule has 4 aromatic rings. The molecule has 45 heavy (non-hydrogen) atoms. The first-order valence-corrected chi connectivity index (χ1v) is 16.1. The predicted octanol–water partition coefficient (Wildman–Crippen LogP) is 2.93. The van der Waals surface area contributed by atoms with Crippen LogP contribution in [0.2, 0.25) is 0 Å². The van der Waals surface area contributed by atoms with E-state index in [2.05, 4.69) is 47.1 Å². The number of sulfonamides is 1. The molecule has 18 heteroatoms. The maximum atomic E-state index is 12.1. The number of hydrazine groups is 2. The fraction of sp³-hybridized carbons (Fsp3) is 0.148. The van der Waals surface area contributed by atoms with Gasteiger partial charge in [-0.1, -0.05) is 18.2 Å². The third-order valence-electron chi connectivity index (χ3n) is 5.76. The van der Waals surface area contributed by atoms with E-state index in [0.717, 1.165) is 21.5 Å². The fourth-order valence-electron chi connectivity index (χ4n) is 3.48. The summed E-state index contributed by atoms with van der Waals surface area (Å²) in [5.74, 6) is 0.564. The Morgan fingerprint density at radius 1 is 0.867 bits per heavy atom. The average Bonchev–Trinajstić information content (AvgIpc) is 3.02. The number of anilines is 3. The highest BCUT2D eigenvalue weighted by Crippen LogP contribution is 2.26. The minimum Gasteiger partial charge on any atom is -0.340 e. The number of para-hydroxylation sites is 1. The molecule has 0 fully saturated rings. The van der Waals surface area contributed by atoms with E-state index in [1.54, 1.807) is 0 Å². The second-order valence-electron chi connectivity index (χ2n) is 9.15. The van der Waals surface area contributed by atoms with Crippen LogP contribution in [0.5, 0.6) is 0 Å². The van der Waals surface area contributed by atoms with Gasteiger partial charge in [0.25, 0.3) is 0 Å². The first-order chi connectivity index (χ1) is 21.3. The van der Waals surface area contributed by atoms with E-state index >= 15 is 0 Å². The van der Waals surface area contributed by atoms with Gasteiger partial charge in [-0.05, 0) is 48.5 Å². The van der Waals surface area contributed by atoms with Gasteiger partial charge in [-0.3, -0.25) is 21.7 Å². The lowest BCUT2D eigenvalue weighted by Gasteiger charge is -2.14. The molecule has 0 aliphatic heterocycles. The molecule has 236 valence electrons. The Kier molecular flexibility index (Phi) is 11.2. The molecule has 0 saturated carbocycles. The van der Waals surface area contributed by atoms with Crippen LogP contribution in [0.25, 0.3) is 15.7 Å². The van der Waals surface area contributed by atoms with Crippen LogP contribution in [0.4, 0.5) is 32.5 Å². The SMILES string of the molecule is CNC(=O)NNc1ncnc2ccccc12.[C-]#[N+]c1ccc(NNC(=O)Nc2ccc(S(=O)(=O)N(C)C)cc2)c(S(C)(=O)=O)c1. The summed E-state index contributed by atoms with van der Waals surface area (Å²) in [6.07, 6.45) is 2.43. The van der Waals surface area contributed by atoms with Gasteiger partial charge in [0.2, 0.25) is 10.0 Å². The first kappa shape index (κ1) is 34.0. The van der Waals surface area contributed by atoms with Gasteiger partial charge in [-0.2, -0.15) is 0 Å². The largest absolute Gasteiger partial charge is 0.340 e. The summed E-state index contributed by atoms with van der Waals surface area (Å²) >= 11 is 0. The van der Waals surface area contributed by atoms with Gasteiger partial charge in [0.05, 0.1) is 27.6 Å². The summed E-state index contributed by atoms with van der Waals surface area (Å²) in [6.45, 7) is 6.98. The normalized spacial score (nSPS) is 10.9. The Hall–Kier alpha value is -5.51. The van der Waals surface area contributed by atoms with Gasteiger partial charge >= 0.3 is 12.1 Å². The Balaban J connectivity index is 0.000000289. The van der Waals surface area contributed by atoms with Gasteiger partial charge < -0.3 is 10.6 Å². The summed E-state index contributed by atoms with van der Waals surface area (Å²) in [4.78, 5) is 34.3. The van der Waals surface area contributed by atoms with Crippen molar-refractivity contribution in [3.8, 4) is 0 Å². The Bertz CT molecular complexity index is 1940. The van der Waals surface area contributed by atoms with Crippen LogP contribution >= 0.6 is 0 Å². The molecular formula is C27H30N10O6S2. The second kappa shape index (κ2) is 14.8. The molecule has 0 radical (unpaired) electrons. The molecule has 4 amide bonds. The van der Waals surface area contributed by atoms with Crippen LogP contribution in [0.3, 0.4) is 0 Å². The van der Waals surface area contributed by atoms with Crippen molar-refractivity contribution in [2.75, 3.05) is 43.6 Å². The quantitative estimate of drug-likeness (QED) is 0.121. The molecule has 0 unspecified atom stereocenters. The standard InChI is InChI=1S/C17H19N5O5S2.C10H11N5O/c1-18-13-7-10-15(16(11-13)28(4,24)25)20-21-17(23)19-12-5-8-14(9-6-12)29(26,27)22(2)3;1-11-10(16)15-14-9-7-4-2-3-5-8(7)12-6-13-9/h5-11,20H,2-4H3,(H2,19,21,23);2-6H,1H3,(H2,11,15,16)(H,12,13,14). The van der Waals surface area contributed by atoms with Crippen LogP contribution in [0, 0.1) is 6.57 Å². The van der Waals surface area contributed by atoms with Crippen molar-refractivity contribution in [3.63, 3.8) is 0 Å². The van der Waals surface area contributed by atoms with E-state index in [0.29, 0.717) is 11.5 Å². The van der Waals surface area contributed by atoms with Crippen LogP contribution in [-0.2, 0) is 19.9 Å². The number of carbonyl (C=O) groups excluding carboxylic acids is 2. The number of hydrogen-bond donors (Lipinski definition) is 6. The van der Waals surface area contributed by atoms with Crippen molar-refractivity contribution in [1.82, 2.24) is 30.4 Å². The maximum Gasteiger partial charge on any atom is 0.337 e. The number of sulfone groups is 1. The zero-order valence-electron chi connectivity index (χ0n) is 24.5. The number of nitrogens with one attached hydrogen (secondary N) is 6. The van der Waals surface area contributed by atoms with E-state index in [4.69, 9.17) is 6.57 Å². The number of rotatable bonds is 8. The number of aromatic nitrogens is 2. The average molecular weight is 655 g/mol. The number of benzene rings is 3. The Labute approximate surface area is 260 Å². The molecule has 0 bridgehead atoms. The molecule has 0 aliphatic carbocycles. The molecule has 0 atom stereocenters. The van der Waals surface area contributed by atoms with Crippen molar-refractivity contribution < 1.29 is 26.4 Å². The van der Waals surface area contributed by atoms with Crippen LogP contribution < -0.4 is 32.3 Å². The lowest BCUT2D eigenvalue weighted by Crippen LogP contribution is -2.37. The Morgan fingerprint density at radius 3 is 2.16 bits per heavy atom. The molecule has 1 aromatic heterocycles. The smallest absolute Gasteiger partial charge is 0.337 e. The monoisotopic (exact) mass is 654 g/mol. The zero-order valence-corrected chi connectivity index (χ0v) is 26.1. The first-order valence-electron chi connectivity index (χ1n) is 12.8. The van der Waals surface area contributed by atoms with Crippen molar-refractivity contribution in [2.45, 2.75) is 9.79 Å². The minimum absolute atomic E-state index is 0.0734. The molecular weight excluding hydrogens is 624 g/mol. The molecule has 3 aromatic carbocycles. The van der Waals surface area contributed by atoms with E-state index in [-0.39, 0.29) is 27.2 Å². The fourth-order valence-corrected chi connectivity index (χ4v) is 5.24. The predicted molar refractivity (Wildman–Crippen MR) is 170 cm³/mol. The number of carbonyl (C=O) groups is 2. The van der Waals surface area contributed by atoms with Crippen LogP contribution in [-0.4, -0.2) is 70.6 Å². The number of hydrogen-bond acceptors (Lipinski definition) is 10. The van der Waals surface area contributed by atoms with Crippen molar-refractivity contribution in [3.05, 3.63) is 84.5 Å². The van der Waals surface area contributed by atoms with Gasteiger partial charge in [0.15, 0.2) is 21.3 Å². The third kappa shape index (κ3) is 9.24. The second-order valence-corrected chi connectivity index (χ2v) is 13.3.